The fraction of sp³-hybridized carbons (Fsp3) is 0.235. The number of hydrogen-bond acceptors (Lipinski definition) is 4. The molecule has 0 saturated carbocycles. The first kappa shape index (κ1) is 17.3. The summed E-state index contributed by atoms with van der Waals surface area (Å²) in [6.45, 7) is 1.05. The van der Waals surface area contributed by atoms with Crippen molar-refractivity contribution in [2.24, 2.45) is 0 Å². The Morgan fingerprint density at radius 2 is 1.83 bits per heavy atom. The molecule has 1 heterocycles. The molecule has 1 aromatic carbocycles. The first-order valence-electron chi connectivity index (χ1n) is 7.37. The van der Waals surface area contributed by atoms with Crippen LogP contribution < -0.4 is 10.8 Å². The van der Waals surface area contributed by atoms with Crippen LogP contribution in [0.25, 0.3) is 12.2 Å². The third-order valence-electron chi connectivity index (χ3n) is 3.16. The molecule has 0 radical (unpaired) electrons. The maximum Gasteiger partial charge on any atom is 0.287 e. The molecule has 1 amide bonds. The molecular weight excluding hydrogens is 316 g/mol. The summed E-state index contributed by atoms with van der Waals surface area (Å²) in [6, 6.07) is 10.8. The van der Waals surface area contributed by atoms with E-state index < -0.39 is 0 Å². The molecule has 122 valence electrons. The minimum Gasteiger partial charge on any atom is -0.452 e. The van der Waals surface area contributed by atoms with Gasteiger partial charge in [0.1, 0.15) is 5.76 Å². The number of carbonyl (C=O) groups excluding carboxylic acids is 1. The highest BCUT2D eigenvalue weighted by molar-refractivity contribution is 6.30. The molecule has 0 aliphatic carbocycles. The minimum absolute atomic E-state index is 0.242. The summed E-state index contributed by atoms with van der Waals surface area (Å²) < 4.78 is 5.49. The molecule has 0 unspecified atom stereocenters. The highest BCUT2D eigenvalue weighted by Gasteiger charge is 2.09. The monoisotopic (exact) mass is 334 g/mol. The zero-order chi connectivity index (χ0) is 16.5. The van der Waals surface area contributed by atoms with E-state index in [1.807, 2.05) is 30.3 Å². The minimum atomic E-state index is -0.242. The van der Waals surface area contributed by atoms with Gasteiger partial charge in [-0.15, -0.1) is 0 Å². The van der Waals surface area contributed by atoms with Gasteiger partial charge in [0, 0.05) is 18.1 Å². The van der Waals surface area contributed by atoms with Crippen molar-refractivity contribution in [3.8, 4) is 0 Å². The Morgan fingerprint density at radius 3 is 2.57 bits per heavy atom. The smallest absolute Gasteiger partial charge is 0.287 e. The summed E-state index contributed by atoms with van der Waals surface area (Å²) in [5.74, 6) is 0.642. The predicted molar refractivity (Wildman–Crippen MR) is 90.4 cm³/mol. The normalized spacial score (nSPS) is 11.0. The maximum atomic E-state index is 11.9. The fourth-order valence-electron chi connectivity index (χ4n) is 1.93. The van der Waals surface area contributed by atoms with Crippen LogP contribution in [0.1, 0.15) is 34.7 Å². The molecule has 3 N–H and O–H groups in total. The molecule has 0 fully saturated rings. The molecule has 0 saturated heterocycles. The second kappa shape index (κ2) is 9.15. The van der Waals surface area contributed by atoms with Crippen LogP contribution in [0.4, 0.5) is 0 Å². The van der Waals surface area contributed by atoms with E-state index in [9.17, 15) is 4.79 Å². The number of carbonyl (C=O) groups is 1. The Kier molecular flexibility index (Phi) is 6.87. The fourth-order valence-corrected chi connectivity index (χ4v) is 2.06. The van der Waals surface area contributed by atoms with Gasteiger partial charge in [-0.05, 0) is 48.7 Å². The quantitative estimate of drug-likeness (QED) is 0.509. The third kappa shape index (κ3) is 5.90. The lowest BCUT2D eigenvalue weighted by Crippen LogP contribution is -2.24. The second-order valence-electron chi connectivity index (χ2n) is 4.96. The van der Waals surface area contributed by atoms with Crippen LogP contribution in [-0.2, 0) is 0 Å². The number of nitrogens with one attached hydrogen (secondary N) is 2. The van der Waals surface area contributed by atoms with Crippen LogP contribution in [0.2, 0.25) is 5.02 Å². The van der Waals surface area contributed by atoms with Crippen LogP contribution in [0.5, 0.6) is 0 Å². The van der Waals surface area contributed by atoms with Crippen molar-refractivity contribution in [1.82, 2.24) is 10.8 Å². The maximum absolute atomic E-state index is 11.9. The van der Waals surface area contributed by atoms with Crippen molar-refractivity contribution in [3.05, 3.63) is 58.5 Å². The van der Waals surface area contributed by atoms with Crippen LogP contribution in [0.15, 0.2) is 40.8 Å². The van der Waals surface area contributed by atoms with E-state index in [1.165, 1.54) is 0 Å². The van der Waals surface area contributed by atoms with Crippen LogP contribution in [-0.4, -0.2) is 24.2 Å². The number of hydrogen-bond donors (Lipinski definition) is 3. The third-order valence-corrected chi connectivity index (χ3v) is 3.41. The Morgan fingerprint density at radius 1 is 1.09 bits per heavy atom. The summed E-state index contributed by atoms with van der Waals surface area (Å²) in [4.78, 5) is 11.9. The zero-order valence-corrected chi connectivity index (χ0v) is 13.3. The number of furan rings is 1. The Labute approximate surface area is 139 Å². The SMILES string of the molecule is O=C(NCCCCNO)c1ccc(C=Cc2ccc(Cl)cc2)o1. The summed E-state index contributed by atoms with van der Waals surface area (Å²) in [6.07, 6.45) is 5.25. The Hall–Kier alpha value is -2.08. The van der Waals surface area contributed by atoms with Crippen molar-refractivity contribution in [1.29, 1.82) is 0 Å². The van der Waals surface area contributed by atoms with E-state index in [0.29, 0.717) is 23.9 Å². The molecule has 6 heteroatoms. The molecule has 1 aromatic heterocycles. The van der Waals surface area contributed by atoms with Crippen LogP contribution in [0, 0.1) is 0 Å². The zero-order valence-electron chi connectivity index (χ0n) is 12.6. The van der Waals surface area contributed by atoms with Crippen molar-refractivity contribution in [2.75, 3.05) is 13.1 Å². The highest BCUT2D eigenvalue weighted by Crippen LogP contribution is 2.14. The molecular formula is C17H19ClN2O3. The molecule has 0 spiro atoms. The lowest BCUT2D eigenvalue weighted by Gasteiger charge is -2.02. The number of benzene rings is 1. The van der Waals surface area contributed by atoms with Gasteiger partial charge in [0.25, 0.3) is 5.91 Å². The van der Waals surface area contributed by atoms with Crippen molar-refractivity contribution < 1.29 is 14.4 Å². The van der Waals surface area contributed by atoms with E-state index in [1.54, 1.807) is 18.2 Å². The largest absolute Gasteiger partial charge is 0.452 e. The topological polar surface area (TPSA) is 74.5 Å². The number of unbranched alkanes of at least 4 members (excludes halogenated alkanes) is 1. The highest BCUT2D eigenvalue weighted by atomic mass is 35.5. The second-order valence-corrected chi connectivity index (χ2v) is 5.39. The standard InChI is InChI=1S/C17H19ClN2O3/c18-14-6-3-13(4-7-14)5-8-15-9-10-16(23-15)17(21)19-11-1-2-12-20-22/h3-10,20,22H,1-2,11-12H2,(H,19,21). The summed E-state index contributed by atoms with van der Waals surface area (Å²) in [5.41, 5.74) is 3.07. The number of hydroxylamine groups is 1. The lowest BCUT2D eigenvalue weighted by molar-refractivity contribution is 0.0924. The van der Waals surface area contributed by atoms with Gasteiger partial charge in [-0.2, -0.15) is 0 Å². The average Bonchev–Trinajstić information content (AvgIpc) is 3.03. The number of halogens is 1. The van der Waals surface area contributed by atoms with Crippen molar-refractivity contribution in [3.63, 3.8) is 0 Å². The van der Waals surface area contributed by atoms with Crippen LogP contribution >= 0.6 is 11.6 Å². The van der Waals surface area contributed by atoms with Gasteiger partial charge in [-0.25, -0.2) is 5.48 Å². The first-order valence-corrected chi connectivity index (χ1v) is 7.75. The van der Waals surface area contributed by atoms with Gasteiger partial charge < -0.3 is 14.9 Å². The first-order chi connectivity index (χ1) is 11.2. The van der Waals surface area contributed by atoms with Crippen molar-refractivity contribution >= 4 is 29.7 Å². The van der Waals surface area contributed by atoms with Gasteiger partial charge in [0.2, 0.25) is 0 Å². The molecule has 0 aliphatic heterocycles. The summed E-state index contributed by atoms with van der Waals surface area (Å²) in [7, 11) is 0. The van der Waals surface area contributed by atoms with E-state index in [-0.39, 0.29) is 11.7 Å². The summed E-state index contributed by atoms with van der Waals surface area (Å²) >= 11 is 5.83. The molecule has 5 nitrogen and oxygen atoms in total. The predicted octanol–water partition coefficient (Wildman–Crippen LogP) is 3.59. The molecule has 0 aliphatic rings. The average molecular weight is 335 g/mol. The van der Waals surface area contributed by atoms with E-state index in [4.69, 9.17) is 21.2 Å². The molecule has 2 rings (SSSR count). The Bertz CT molecular complexity index is 650. The number of rotatable bonds is 8. The molecule has 23 heavy (non-hydrogen) atoms. The van der Waals surface area contributed by atoms with Gasteiger partial charge in [-0.3, -0.25) is 4.79 Å². The molecule has 2 aromatic rings. The van der Waals surface area contributed by atoms with Gasteiger partial charge in [-0.1, -0.05) is 29.8 Å². The van der Waals surface area contributed by atoms with Gasteiger partial charge in [0.05, 0.1) is 0 Å². The molecule has 0 atom stereocenters. The van der Waals surface area contributed by atoms with Crippen LogP contribution in [0.3, 0.4) is 0 Å². The van der Waals surface area contributed by atoms with E-state index in [2.05, 4.69) is 10.8 Å². The molecule has 0 bridgehead atoms. The lowest BCUT2D eigenvalue weighted by atomic mass is 10.2. The summed E-state index contributed by atoms with van der Waals surface area (Å²) in [5, 5.41) is 11.9. The van der Waals surface area contributed by atoms with Crippen molar-refractivity contribution in [2.45, 2.75) is 12.8 Å². The Balaban J connectivity index is 1.84. The van der Waals surface area contributed by atoms with E-state index >= 15 is 0 Å². The van der Waals surface area contributed by atoms with E-state index in [0.717, 1.165) is 18.4 Å². The van der Waals surface area contributed by atoms with Gasteiger partial charge >= 0.3 is 0 Å². The number of amides is 1. The van der Waals surface area contributed by atoms with Gasteiger partial charge in [0.15, 0.2) is 5.76 Å².